The van der Waals surface area contributed by atoms with E-state index in [1.807, 2.05) is 0 Å². The molecular formula is C15H20N4O4S. The van der Waals surface area contributed by atoms with Gasteiger partial charge in [-0.15, -0.1) is 0 Å². The number of anilines is 2. The fourth-order valence-corrected chi connectivity index (χ4v) is 3.27. The highest BCUT2D eigenvalue weighted by molar-refractivity contribution is 7.91. The summed E-state index contributed by atoms with van der Waals surface area (Å²) in [6, 6.07) is 3.13. The van der Waals surface area contributed by atoms with Crippen molar-refractivity contribution in [2.75, 3.05) is 36.1 Å². The second-order valence-electron chi connectivity index (χ2n) is 5.83. The lowest BCUT2D eigenvalue weighted by atomic mass is 10.1. The van der Waals surface area contributed by atoms with Crippen LogP contribution in [0.15, 0.2) is 12.1 Å². The van der Waals surface area contributed by atoms with Gasteiger partial charge in [0.2, 0.25) is 16.0 Å². The Balaban J connectivity index is 2.19. The van der Waals surface area contributed by atoms with Crippen LogP contribution < -0.4 is 14.4 Å². The molecule has 1 aromatic heterocycles. The number of rotatable bonds is 4. The van der Waals surface area contributed by atoms with Crippen molar-refractivity contribution in [1.82, 2.24) is 9.97 Å². The van der Waals surface area contributed by atoms with Crippen LogP contribution in [-0.4, -0.2) is 49.9 Å². The molecule has 0 unspecified atom stereocenters. The Labute approximate surface area is 140 Å². The van der Waals surface area contributed by atoms with Crippen LogP contribution in [-0.2, 0) is 10.0 Å². The third-order valence-corrected chi connectivity index (χ3v) is 4.46. The van der Waals surface area contributed by atoms with E-state index < -0.39 is 10.0 Å². The molecule has 9 heteroatoms. The molecule has 3 rings (SSSR count). The summed E-state index contributed by atoms with van der Waals surface area (Å²) in [4.78, 5) is 10.7. The van der Waals surface area contributed by atoms with Crippen molar-refractivity contribution in [2.24, 2.45) is 0 Å². The van der Waals surface area contributed by atoms with E-state index >= 15 is 0 Å². The van der Waals surface area contributed by atoms with Crippen molar-refractivity contribution < 1.29 is 18.3 Å². The van der Waals surface area contributed by atoms with Crippen LogP contribution >= 0.6 is 0 Å². The summed E-state index contributed by atoms with van der Waals surface area (Å²) in [5.41, 5.74) is 0.454. The summed E-state index contributed by atoms with van der Waals surface area (Å²) in [6.45, 7) is 1.68. The Morgan fingerprint density at radius 1 is 1.21 bits per heavy atom. The number of piperidine rings is 1. The standard InChI is InChI=1S/C15H20N4O4S/c1-23-13-8-10-11(9-12(13)20)16-15(18-24(2,21)22)17-14(10)19-6-4-3-5-7-19/h8-9,20H,3-7H2,1-2H3,(H,16,17,18). The van der Waals surface area contributed by atoms with E-state index in [0.717, 1.165) is 38.6 Å². The summed E-state index contributed by atoms with van der Waals surface area (Å²) < 4.78 is 30.5. The minimum Gasteiger partial charge on any atom is -0.504 e. The number of sulfonamides is 1. The molecule has 0 spiro atoms. The maximum atomic E-state index is 11.5. The van der Waals surface area contributed by atoms with E-state index in [2.05, 4.69) is 19.6 Å². The van der Waals surface area contributed by atoms with Crippen molar-refractivity contribution in [3.05, 3.63) is 12.1 Å². The smallest absolute Gasteiger partial charge is 0.239 e. The quantitative estimate of drug-likeness (QED) is 0.863. The first-order chi connectivity index (χ1) is 11.4. The van der Waals surface area contributed by atoms with E-state index in [1.165, 1.54) is 13.2 Å². The van der Waals surface area contributed by atoms with E-state index in [0.29, 0.717) is 22.5 Å². The number of phenolic OH excluding ortho intramolecular Hbond substituents is 1. The molecule has 0 radical (unpaired) electrons. The van der Waals surface area contributed by atoms with Gasteiger partial charge in [-0.1, -0.05) is 0 Å². The molecule has 0 saturated carbocycles. The number of ether oxygens (including phenoxy) is 1. The van der Waals surface area contributed by atoms with Crippen LogP contribution in [0.5, 0.6) is 11.5 Å². The zero-order valence-corrected chi connectivity index (χ0v) is 14.4. The SMILES string of the molecule is COc1cc2c(N3CCCCC3)nc(NS(C)(=O)=O)nc2cc1O. The maximum absolute atomic E-state index is 11.5. The number of hydrogen-bond acceptors (Lipinski definition) is 7. The molecule has 130 valence electrons. The van der Waals surface area contributed by atoms with Crippen molar-refractivity contribution in [1.29, 1.82) is 0 Å². The van der Waals surface area contributed by atoms with Crippen molar-refractivity contribution in [2.45, 2.75) is 19.3 Å². The normalized spacial score (nSPS) is 15.5. The van der Waals surface area contributed by atoms with E-state index in [1.54, 1.807) is 6.07 Å². The first-order valence-corrected chi connectivity index (χ1v) is 9.58. The molecule has 24 heavy (non-hydrogen) atoms. The monoisotopic (exact) mass is 352 g/mol. The van der Waals surface area contributed by atoms with Crippen LogP contribution in [0.25, 0.3) is 10.9 Å². The van der Waals surface area contributed by atoms with Gasteiger partial charge < -0.3 is 14.7 Å². The minimum absolute atomic E-state index is 0.00450. The predicted octanol–water partition coefficient (Wildman–Crippen LogP) is 1.71. The molecule has 2 aromatic rings. The zero-order chi connectivity index (χ0) is 17.3. The minimum atomic E-state index is -3.50. The van der Waals surface area contributed by atoms with Gasteiger partial charge in [-0.3, -0.25) is 4.72 Å². The Morgan fingerprint density at radius 3 is 2.54 bits per heavy atom. The van der Waals surface area contributed by atoms with Gasteiger partial charge in [-0.05, 0) is 25.3 Å². The molecule has 0 atom stereocenters. The average Bonchev–Trinajstić information content (AvgIpc) is 2.52. The van der Waals surface area contributed by atoms with Crippen LogP contribution in [0.1, 0.15) is 19.3 Å². The molecule has 1 saturated heterocycles. The fraction of sp³-hybridized carbons (Fsp3) is 0.467. The van der Waals surface area contributed by atoms with Crippen LogP contribution in [0, 0.1) is 0 Å². The highest BCUT2D eigenvalue weighted by Crippen LogP contribution is 2.35. The van der Waals surface area contributed by atoms with Gasteiger partial charge in [-0.2, -0.15) is 4.98 Å². The van der Waals surface area contributed by atoms with E-state index in [9.17, 15) is 13.5 Å². The number of aromatic hydroxyl groups is 1. The van der Waals surface area contributed by atoms with Gasteiger partial charge in [-0.25, -0.2) is 13.4 Å². The highest BCUT2D eigenvalue weighted by Gasteiger charge is 2.20. The van der Waals surface area contributed by atoms with Gasteiger partial charge in [0.25, 0.3) is 0 Å². The lowest BCUT2D eigenvalue weighted by molar-refractivity contribution is 0.374. The first kappa shape index (κ1) is 16.6. The number of nitrogens with zero attached hydrogens (tertiary/aromatic N) is 3. The zero-order valence-electron chi connectivity index (χ0n) is 13.6. The third-order valence-electron chi connectivity index (χ3n) is 3.91. The number of aromatic nitrogens is 2. The second kappa shape index (κ2) is 6.31. The van der Waals surface area contributed by atoms with Gasteiger partial charge in [0.05, 0.1) is 18.9 Å². The molecule has 1 aromatic carbocycles. The van der Waals surface area contributed by atoms with Gasteiger partial charge in [0, 0.05) is 24.5 Å². The van der Waals surface area contributed by atoms with E-state index in [4.69, 9.17) is 4.74 Å². The molecule has 1 aliphatic rings. The number of nitrogens with one attached hydrogen (secondary N) is 1. The number of hydrogen-bond donors (Lipinski definition) is 2. The fourth-order valence-electron chi connectivity index (χ4n) is 2.85. The summed E-state index contributed by atoms with van der Waals surface area (Å²) in [5, 5.41) is 10.7. The van der Waals surface area contributed by atoms with Gasteiger partial charge in [0.15, 0.2) is 11.5 Å². The lowest BCUT2D eigenvalue weighted by Gasteiger charge is -2.29. The topological polar surface area (TPSA) is 105 Å². The second-order valence-corrected chi connectivity index (χ2v) is 7.58. The molecule has 2 N–H and O–H groups in total. The summed E-state index contributed by atoms with van der Waals surface area (Å²) in [5.74, 6) is 0.908. The Kier molecular flexibility index (Phi) is 4.35. The highest BCUT2D eigenvalue weighted by atomic mass is 32.2. The van der Waals surface area contributed by atoms with Crippen LogP contribution in [0.3, 0.4) is 0 Å². The van der Waals surface area contributed by atoms with Crippen molar-refractivity contribution in [3.8, 4) is 11.5 Å². The van der Waals surface area contributed by atoms with Gasteiger partial charge in [0.1, 0.15) is 5.82 Å². The molecule has 0 aliphatic carbocycles. The largest absolute Gasteiger partial charge is 0.504 e. The number of phenols is 1. The molecule has 0 bridgehead atoms. The maximum Gasteiger partial charge on any atom is 0.239 e. The Morgan fingerprint density at radius 2 is 1.92 bits per heavy atom. The lowest BCUT2D eigenvalue weighted by Crippen LogP contribution is -2.30. The van der Waals surface area contributed by atoms with Crippen LogP contribution in [0.4, 0.5) is 11.8 Å². The molecule has 0 amide bonds. The predicted molar refractivity (Wildman–Crippen MR) is 92.3 cm³/mol. The Bertz CT molecular complexity index is 863. The van der Waals surface area contributed by atoms with Crippen molar-refractivity contribution in [3.63, 3.8) is 0 Å². The molecule has 1 fully saturated rings. The summed E-state index contributed by atoms with van der Waals surface area (Å²) >= 11 is 0. The number of benzene rings is 1. The third kappa shape index (κ3) is 3.45. The van der Waals surface area contributed by atoms with Crippen LogP contribution in [0.2, 0.25) is 0 Å². The number of methoxy groups -OCH3 is 1. The summed E-state index contributed by atoms with van der Waals surface area (Å²) in [7, 11) is -2.02. The molecule has 1 aliphatic heterocycles. The Hall–Kier alpha value is -2.29. The molecule has 2 heterocycles. The molecular weight excluding hydrogens is 332 g/mol. The summed E-state index contributed by atoms with van der Waals surface area (Å²) in [6.07, 6.45) is 4.32. The average molecular weight is 352 g/mol. The van der Waals surface area contributed by atoms with Crippen molar-refractivity contribution >= 4 is 32.7 Å². The van der Waals surface area contributed by atoms with Gasteiger partial charge >= 0.3 is 0 Å². The first-order valence-electron chi connectivity index (χ1n) is 7.69. The number of fused-ring (bicyclic) bond motifs is 1. The van der Waals surface area contributed by atoms with E-state index in [-0.39, 0.29) is 11.7 Å². The molecule has 8 nitrogen and oxygen atoms in total.